The Balaban J connectivity index is 1.55. The van der Waals surface area contributed by atoms with Gasteiger partial charge in [0, 0.05) is 25.9 Å². The van der Waals surface area contributed by atoms with E-state index in [1.807, 2.05) is 30.3 Å². The van der Waals surface area contributed by atoms with Crippen LogP contribution in [0.15, 0.2) is 54.6 Å². The predicted octanol–water partition coefficient (Wildman–Crippen LogP) is 0.313. The van der Waals surface area contributed by atoms with Crippen molar-refractivity contribution >= 4 is 35.5 Å². The average molecular weight is 679 g/mol. The van der Waals surface area contributed by atoms with E-state index in [4.69, 9.17) is 10.8 Å². The van der Waals surface area contributed by atoms with E-state index < -0.39 is 72.3 Å². The van der Waals surface area contributed by atoms with Crippen molar-refractivity contribution in [1.29, 1.82) is 0 Å². The van der Waals surface area contributed by atoms with Crippen molar-refractivity contribution < 1.29 is 39.0 Å². The van der Waals surface area contributed by atoms with Crippen LogP contribution >= 0.6 is 0 Å². The molecule has 2 aliphatic rings. The third-order valence-corrected chi connectivity index (χ3v) is 9.00. The monoisotopic (exact) mass is 678 g/mol. The van der Waals surface area contributed by atoms with Crippen LogP contribution < -0.4 is 21.7 Å². The highest BCUT2D eigenvalue weighted by molar-refractivity contribution is 5.97. The van der Waals surface area contributed by atoms with Gasteiger partial charge in [0.2, 0.25) is 29.5 Å². The summed E-state index contributed by atoms with van der Waals surface area (Å²) in [7, 11) is 0. The molecule has 0 aliphatic carbocycles. The number of carbonyl (C=O) groups excluding carboxylic acids is 5. The zero-order valence-corrected chi connectivity index (χ0v) is 27.8. The average Bonchev–Trinajstić information content (AvgIpc) is 3.78. The number of aromatic hydroxyl groups is 1. The summed E-state index contributed by atoms with van der Waals surface area (Å²) in [4.78, 5) is 81.7. The lowest BCUT2D eigenvalue weighted by atomic mass is 10.0. The number of carboxylic acids is 1. The Morgan fingerprint density at radius 2 is 1.29 bits per heavy atom. The molecular weight excluding hydrogens is 632 g/mol. The maximum Gasteiger partial charge on any atom is 0.322 e. The molecule has 2 aromatic carbocycles. The standard InChI is InChI=1S/C35H46N6O8/c1-21(2)30(36)33(47)39-26(19-23-12-14-24(42)15-13-23)35(49)41-17-7-11-28(41)32(46)38-25(18-22-8-4-3-5-9-22)34(48)40-16-6-10-27(40)31(45)37-20-29(43)44/h3-5,8-9,12-15,21,25-28,30,42H,6-7,10-11,16-20,36H2,1-2H3,(H,37,45)(H,38,46)(H,39,47)(H,43,44)/t25-,26-,27-,28-,30-/m0/s1. The molecular formula is C35H46N6O8. The Bertz CT molecular complexity index is 1500. The SMILES string of the molecule is CC(C)[C@H](N)C(=O)N[C@@H](Cc1ccc(O)cc1)C(=O)N1CCC[C@H]1C(=O)N[C@@H](Cc1ccccc1)C(=O)N1CCC[C@H]1C(=O)NCC(=O)O. The molecule has 2 heterocycles. The number of aliphatic carboxylic acids is 1. The van der Waals surface area contributed by atoms with Crippen LogP contribution in [0.1, 0.15) is 50.7 Å². The lowest BCUT2D eigenvalue weighted by Crippen LogP contribution is -2.59. The zero-order valence-electron chi connectivity index (χ0n) is 27.8. The maximum atomic E-state index is 14.1. The van der Waals surface area contributed by atoms with Gasteiger partial charge in [-0.25, -0.2) is 0 Å². The molecule has 2 aromatic rings. The van der Waals surface area contributed by atoms with Crippen molar-refractivity contribution in [1.82, 2.24) is 25.8 Å². The van der Waals surface area contributed by atoms with Crippen LogP contribution in [0.2, 0.25) is 0 Å². The van der Waals surface area contributed by atoms with Gasteiger partial charge < -0.3 is 41.7 Å². The smallest absolute Gasteiger partial charge is 0.322 e. The summed E-state index contributed by atoms with van der Waals surface area (Å²) in [5, 5.41) is 26.7. The van der Waals surface area contributed by atoms with Crippen LogP contribution in [-0.2, 0) is 41.6 Å². The Labute approximate surface area is 285 Å². The number of carbonyl (C=O) groups is 6. The van der Waals surface area contributed by atoms with Crippen LogP contribution in [0.4, 0.5) is 0 Å². The number of amides is 5. The van der Waals surface area contributed by atoms with Crippen LogP contribution in [0.5, 0.6) is 5.75 Å². The molecule has 0 radical (unpaired) electrons. The second-order valence-corrected chi connectivity index (χ2v) is 12.9. The number of benzene rings is 2. The van der Waals surface area contributed by atoms with Crippen molar-refractivity contribution in [3.05, 3.63) is 65.7 Å². The van der Waals surface area contributed by atoms with Gasteiger partial charge in [0.15, 0.2) is 0 Å². The fourth-order valence-electron chi connectivity index (χ4n) is 6.24. The van der Waals surface area contributed by atoms with Gasteiger partial charge >= 0.3 is 5.97 Å². The Hall–Kier alpha value is -4.98. The first-order chi connectivity index (χ1) is 23.3. The summed E-state index contributed by atoms with van der Waals surface area (Å²) in [5.74, 6) is -3.93. The van der Waals surface area contributed by atoms with Gasteiger partial charge in [-0.05, 0) is 54.9 Å². The number of nitrogens with two attached hydrogens (primary N) is 1. The molecule has 0 saturated carbocycles. The fourth-order valence-corrected chi connectivity index (χ4v) is 6.24. The minimum Gasteiger partial charge on any atom is -0.508 e. The van der Waals surface area contributed by atoms with Crippen molar-refractivity contribution in [2.45, 2.75) is 82.6 Å². The molecule has 7 N–H and O–H groups in total. The van der Waals surface area contributed by atoms with E-state index in [9.17, 15) is 33.9 Å². The molecule has 0 unspecified atom stereocenters. The number of phenolic OH excluding ortho intramolecular Hbond substituents is 1. The molecule has 5 atom stereocenters. The third-order valence-electron chi connectivity index (χ3n) is 9.00. The largest absolute Gasteiger partial charge is 0.508 e. The number of hydrogen-bond acceptors (Lipinski definition) is 8. The van der Waals surface area contributed by atoms with Gasteiger partial charge in [0.05, 0.1) is 6.04 Å². The Morgan fingerprint density at radius 3 is 1.82 bits per heavy atom. The number of carboxylic acid groups (broad SMARTS) is 1. The summed E-state index contributed by atoms with van der Waals surface area (Å²) in [6.07, 6.45) is 1.95. The van der Waals surface area contributed by atoms with Crippen LogP contribution in [0, 0.1) is 5.92 Å². The lowest BCUT2D eigenvalue weighted by molar-refractivity contribution is -0.144. The molecule has 0 bridgehead atoms. The van der Waals surface area contributed by atoms with Gasteiger partial charge in [-0.3, -0.25) is 28.8 Å². The van der Waals surface area contributed by atoms with E-state index in [-0.39, 0.29) is 37.6 Å². The predicted molar refractivity (Wildman–Crippen MR) is 179 cm³/mol. The molecule has 0 aromatic heterocycles. The Morgan fingerprint density at radius 1 is 0.776 bits per heavy atom. The highest BCUT2D eigenvalue weighted by atomic mass is 16.4. The first-order valence-electron chi connectivity index (χ1n) is 16.6. The topological polar surface area (TPSA) is 211 Å². The normalized spacial score (nSPS) is 19.2. The molecule has 49 heavy (non-hydrogen) atoms. The quantitative estimate of drug-likeness (QED) is 0.162. The van der Waals surface area contributed by atoms with Crippen molar-refractivity contribution in [3.8, 4) is 5.75 Å². The van der Waals surface area contributed by atoms with E-state index >= 15 is 0 Å². The number of rotatable bonds is 14. The number of nitrogens with one attached hydrogen (secondary N) is 3. The van der Waals surface area contributed by atoms with Crippen molar-refractivity contribution in [2.75, 3.05) is 19.6 Å². The molecule has 5 amide bonds. The van der Waals surface area contributed by atoms with Crippen molar-refractivity contribution in [2.24, 2.45) is 11.7 Å². The van der Waals surface area contributed by atoms with Crippen LogP contribution in [0.3, 0.4) is 0 Å². The van der Waals surface area contributed by atoms with E-state index in [2.05, 4.69) is 16.0 Å². The van der Waals surface area contributed by atoms with Gasteiger partial charge in [0.1, 0.15) is 36.5 Å². The molecule has 14 heteroatoms. The van der Waals surface area contributed by atoms with E-state index in [0.29, 0.717) is 31.2 Å². The van der Waals surface area contributed by atoms with Crippen LogP contribution in [-0.4, -0.2) is 105 Å². The second kappa shape index (κ2) is 16.9. The highest BCUT2D eigenvalue weighted by Gasteiger charge is 2.42. The molecule has 0 spiro atoms. The van der Waals surface area contributed by atoms with E-state index in [1.165, 1.54) is 21.9 Å². The highest BCUT2D eigenvalue weighted by Crippen LogP contribution is 2.23. The lowest BCUT2D eigenvalue weighted by Gasteiger charge is -2.32. The molecule has 4 rings (SSSR count). The van der Waals surface area contributed by atoms with Gasteiger partial charge in [0.25, 0.3) is 0 Å². The molecule has 2 fully saturated rings. The second-order valence-electron chi connectivity index (χ2n) is 12.9. The number of likely N-dealkylation sites (tertiary alicyclic amines) is 2. The summed E-state index contributed by atoms with van der Waals surface area (Å²) in [5.41, 5.74) is 7.53. The molecule has 2 aliphatic heterocycles. The number of hydrogen-bond donors (Lipinski definition) is 6. The van der Waals surface area contributed by atoms with Gasteiger partial charge in [-0.2, -0.15) is 0 Å². The van der Waals surface area contributed by atoms with E-state index in [0.717, 1.165) is 5.56 Å². The zero-order chi connectivity index (χ0) is 35.7. The minimum atomic E-state index is -1.21. The molecule has 2 saturated heterocycles. The van der Waals surface area contributed by atoms with Crippen molar-refractivity contribution in [3.63, 3.8) is 0 Å². The van der Waals surface area contributed by atoms with Gasteiger partial charge in [-0.15, -0.1) is 0 Å². The first kappa shape index (κ1) is 36.8. The maximum absolute atomic E-state index is 14.1. The molecule has 14 nitrogen and oxygen atoms in total. The first-order valence-corrected chi connectivity index (χ1v) is 16.6. The Kier molecular flexibility index (Phi) is 12.7. The summed E-state index contributed by atoms with van der Waals surface area (Å²) in [6.45, 7) is 3.52. The van der Waals surface area contributed by atoms with Gasteiger partial charge in [-0.1, -0.05) is 56.3 Å². The fraction of sp³-hybridized carbons (Fsp3) is 0.486. The number of nitrogens with zero attached hydrogens (tertiary/aromatic N) is 2. The number of phenols is 1. The van der Waals surface area contributed by atoms with E-state index in [1.54, 1.807) is 26.0 Å². The molecule has 264 valence electrons. The summed E-state index contributed by atoms with van der Waals surface area (Å²) >= 11 is 0. The summed E-state index contributed by atoms with van der Waals surface area (Å²) in [6, 6.07) is 10.5. The summed E-state index contributed by atoms with van der Waals surface area (Å²) < 4.78 is 0. The minimum absolute atomic E-state index is 0.0505. The third kappa shape index (κ3) is 9.78. The van der Waals surface area contributed by atoms with Crippen LogP contribution in [0.25, 0.3) is 0 Å².